The van der Waals surface area contributed by atoms with Crippen molar-refractivity contribution >= 4 is 21.6 Å². The van der Waals surface area contributed by atoms with E-state index in [0.29, 0.717) is 0 Å². The summed E-state index contributed by atoms with van der Waals surface area (Å²) in [7, 11) is 0. The maximum atomic E-state index is 3.55. The Morgan fingerprint density at radius 1 is 1.40 bits per heavy atom. The van der Waals surface area contributed by atoms with Crippen LogP contribution >= 0.6 is 15.9 Å². The molecule has 1 heterocycles. The van der Waals surface area contributed by atoms with E-state index in [-0.39, 0.29) is 0 Å². The highest BCUT2D eigenvalue weighted by Gasteiger charge is 2.17. The number of alkyl halides is 1. The topological polar surface area (TPSA) is 3.24 Å². The van der Waals surface area contributed by atoms with Crippen molar-refractivity contribution in [2.45, 2.75) is 19.8 Å². The van der Waals surface area contributed by atoms with Crippen LogP contribution in [0.2, 0.25) is 0 Å². The van der Waals surface area contributed by atoms with Gasteiger partial charge in [0.2, 0.25) is 0 Å². The zero-order valence-corrected chi connectivity index (χ0v) is 10.8. The van der Waals surface area contributed by atoms with E-state index in [9.17, 15) is 0 Å². The van der Waals surface area contributed by atoms with Gasteiger partial charge in [-0.05, 0) is 30.4 Å². The maximum absolute atomic E-state index is 3.55. The Labute approximate surface area is 101 Å². The summed E-state index contributed by atoms with van der Waals surface area (Å²) in [6, 6.07) is 8.82. The molecule has 1 nitrogen and oxygen atoms in total. The lowest BCUT2D eigenvalue weighted by molar-refractivity contribution is 0.593. The van der Waals surface area contributed by atoms with Gasteiger partial charge in [-0.25, -0.2) is 0 Å². The largest absolute Gasteiger partial charge is 0.371 e. The number of hydrogen-bond acceptors (Lipinski definition) is 1. The third kappa shape index (κ3) is 2.54. The highest BCUT2D eigenvalue weighted by Crippen LogP contribution is 2.27. The van der Waals surface area contributed by atoms with Crippen LogP contribution in [0.1, 0.15) is 18.9 Å². The van der Waals surface area contributed by atoms with Crippen molar-refractivity contribution in [2.24, 2.45) is 5.92 Å². The van der Waals surface area contributed by atoms with Crippen LogP contribution in [0, 0.1) is 5.92 Å². The van der Waals surface area contributed by atoms with E-state index in [4.69, 9.17) is 0 Å². The normalized spacial score (nSPS) is 17.3. The number of fused-ring (bicyclic) bond motifs is 1. The van der Waals surface area contributed by atoms with Crippen molar-refractivity contribution in [3.05, 3.63) is 29.8 Å². The number of aryl methyl sites for hydroxylation is 1. The molecule has 0 saturated heterocycles. The molecule has 1 aromatic rings. The minimum atomic E-state index is 0.719. The van der Waals surface area contributed by atoms with Gasteiger partial charge >= 0.3 is 0 Å². The van der Waals surface area contributed by atoms with Crippen LogP contribution in [0.25, 0.3) is 0 Å². The molecule has 2 rings (SSSR count). The summed E-state index contributed by atoms with van der Waals surface area (Å²) >= 11 is 3.55. The Hall–Kier alpha value is -0.500. The molecular weight excluding hydrogens is 250 g/mol. The third-order valence-electron chi connectivity index (χ3n) is 3.00. The minimum Gasteiger partial charge on any atom is -0.371 e. The third-order valence-corrected chi connectivity index (χ3v) is 4.11. The Morgan fingerprint density at radius 3 is 3.00 bits per heavy atom. The summed E-state index contributed by atoms with van der Waals surface area (Å²) in [5.74, 6) is 0.719. The fourth-order valence-corrected chi connectivity index (χ4v) is 2.43. The van der Waals surface area contributed by atoms with Gasteiger partial charge in [-0.15, -0.1) is 0 Å². The molecule has 0 N–H and O–H groups in total. The fourth-order valence-electron chi connectivity index (χ4n) is 2.23. The van der Waals surface area contributed by atoms with Crippen LogP contribution in [0.3, 0.4) is 0 Å². The maximum Gasteiger partial charge on any atom is 0.0398 e. The highest BCUT2D eigenvalue weighted by atomic mass is 79.9. The van der Waals surface area contributed by atoms with Gasteiger partial charge < -0.3 is 4.90 Å². The molecule has 0 amide bonds. The molecule has 1 atom stereocenters. The molecule has 15 heavy (non-hydrogen) atoms. The van der Waals surface area contributed by atoms with Gasteiger partial charge in [-0.2, -0.15) is 0 Å². The summed E-state index contributed by atoms with van der Waals surface area (Å²) in [6.07, 6.45) is 2.54. The molecule has 0 bridgehead atoms. The van der Waals surface area contributed by atoms with Gasteiger partial charge in [0.15, 0.2) is 0 Å². The SMILES string of the molecule is CC(CBr)CN1CCCc2ccccc21. The smallest absolute Gasteiger partial charge is 0.0398 e. The lowest BCUT2D eigenvalue weighted by atomic mass is 10.0. The van der Waals surface area contributed by atoms with Crippen LogP contribution < -0.4 is 4.90 Å². The lowest BCUT2D eigenvalue weighted by Crippen LogP contribution is -2.33. The molecule has 0 aromatic heterocycles. The number of halogens is 1. The van der Waals surface area contributed by atoms with Gasteiger partial charge in [0.25, 0.3) is 0 Å². The average molecular weight is 268 g/mol. The molecule has 0 aliphatic carbocycles. The fraction of sp³-hybridized carbons (Fsp3) is 0.538. The summed E-state index contributed by atoms with van der Waals surface area (Å²) in [5, 5.41) is 1.09. The van der Waals surface area contributed by atoms with Gasteiger partial charge in [0, 0.05) is 24.1 Å². The second kappa shape index (κ2) is 5.02. The first-order chi connectivity index (χ1) is 7.31. The predicted octanol–water partition coefficient (Wildman–Crippen LogP) is 3.47. The minimum absolute atomic E-state index is 0.719. The molecule has 1 aliphatic heterocycles. The monoisotopic (exact) mass is 267 g/mol. The van der Waals surface area contributed by atoms with Crippen LogP contribution in [-0.2, 0) is 6.42 Å². The Bertz CT molecular complexity index is 324. The molecule has 1 unspecified atom stereocenters. The van der Waals surface area contributed by atoms with Crippen molar-refractivity contribution in [3.63, 3.8) is 0 Å². The van der Waals surface area contributed by atoms with E-state index in [0.717, 1.165) is 11.2 Å². The van der Waals surface area contributed by atoms with Crippen molar-refractivity contribution in [1.29, 1.82) is 0 Å². The van der Waals surface area contributed by atoms with E-state index >= 15 is 0 Å². The van der Waals surface area contributed by atoms with Crippen molar-refractivity contribution in [2.75, 3.05) is 23.3 Å². The van der Waals surface area contributed by atoms with Crippen molar-refractivity contribution in [3.8, 4) is 0 Å². The van der Waals surface area contributed by atoms with E-state index in [1.807, 2.05) is 0 Å². The number of benzene rings is 1. The Kier molecular flexibility index (Phi) is 3.68. The number of para-hydroxylation sites is 1. The van der Waals surface area contributed by atoms with Gasteiger partial charge in [0.1, 0.15) is 0 Å². The Morgan fingerprint density at radius 2 is 2.20 bits per heavy atom. The predicted molar refractivity (Wildman–Crippen MR) is 69.9 cm³/mol. The van der Waals surface area contributed by atoms with E-state index in [2.05, 4.69) is 52.0 Å². The second-order valence-electron chi connectivity index (χ2n) is 4.44. The van der Waals surface area contributed by atoms with Crippen LogP contribution in [0.5, 0.6) is 0 Å². The number of rotatable bonds is 3. The standard InChI is InChI=1S/C13H18BrN/c1-11(9-14)10-15-8-4-6-12-5-2-3-7-13(12)15/h2-3,5,7,11H,4,6,8-10H2,1H3. The second-order valence-corrected chi connectivity index (χ2v) is 5.09. The van der Waals surface area contributed by atoms with E-state index < -0.39 is 0 Å². The molecule has 2 heteroatoms. The molecule has 0 fully saturated rings. The molecule has 0 radical (unpaired) electrons. The average Bonchev–Trinajstić information content (AvgIpc) is 2.29. The Balaban J connectivity index is 2.15. The van der Waals surface area contributed by atoms with Gasteiger partial charge in [0.05, 0.1) is 0 Å². The first kappa shape index (κ1) is 11.0. The lowest BCUT2D eigenvalue weighted by Gasteiger charge is -2.33. The number of hydrogen-bond donors (Lipinski definition) is 0. The van der Waals surface area contributed by atoms with Crippen LogP contribution in [0.4, 0.5) is 5.69 Å². The number of nitrogens with zero attached hydrogens (tertiary/aromatic N) is 1. The summed E-state index contributed by atoms with van der Waals surface area (Å²) in [4.78, 5) is 2.53. The molecule has 0 spiro atoms. The van der Waals surface area contributed by atoms with Crippen molar-refractivity contribution in [1.82, 2.24) is 0 Å². The summed E-state index contributed by atoms with van der Waals surface area (Å²) in [6.45, 7) is 4.68. The molecular formula is C13H18BrN. The van der Waals surface area contributed by atoms with Gasteiger partial charge in [-0.3, -0.25) is 0 Å². The van der Waals surface area contributed by atoms with E-state index in [1.165, 1.54) is 37.2 Å². The van der Waals surface area contributed by atoms with Gasteiger partial charge in [-0.1, -0.05) is 41.1 Å². The first-order valence-electron chi connectivity index (χ1n) is 5.70. The zero-order chi connectivity index (χ0) is 10.7. The molecule has 0 saturated carbocycles. The van der Waals surface area contributed by atoms with Crippen LogP contribution in [0.15, 0.2) is 24.3 Å². The summed E-state index contributed by atoms with van der Waals surface area (Å²) in [5.41, 5.74) is 2.97. The molecule has 82 valence electrons. The van der Waals surface area contributed by atoms with Crippen LogP contribution in [-0.4, -0.2) is 18.4 Å². The molecule has 1 aliphatic rings. The number of anilines is 1. The zero-order valence-electron chi connectivity index (χ0n) is 9.25. The van der Waals surface area contributed by atoms with Crippen molar-refractivity contribution < 1.29 is 0 Å². The quantitative estimate of drug-likeness (QED) is 0.759. The molecule has 1 aromatic carbocycles. The first-order valence-corrected chi connectivity index (χ1v) is 6.82. The van der Waals surface area contributed by atoms with E-state index in [1.54, 1.807) is 0 Å². The summed E-state index contributed by atoms with van der Waals surface area (Å²) < 4.78 is 0. The highest BCUT2D eigenvalue weighted by molar-refractivity contribution is 9.09.